The van der Waals surface area contributed by atoms with Crippen LogP contribution in [0, 0.1) is 0 Å². The highest BCUT2D eigenvalue weighted by Crippen LogP contribution is 2.06. The second-order valence-corrected chi connectivity index (χ2v) is 4.40. The van der Waals surface area contributed by atoms with Crippen molar-refractivity contribution < 1.29 is 19.1 Å². The molecule has 5 heteroatoms. The normalized spacial score (nSPS) is 10.8. The first kappa shape index (κ1) is 14.7. The van der Waals surface area contributed by atoms with Crippen LogP contribution in [0.25, 0.3) is 0 Å². The second-order valence-electron chi connectivity index (χ2n) is 4.40. The number of carbonyl (C=O) groups excluding carboxylic acids is 2. The Bertz CT molecular complexity index is 233. The van der Waals surface area contributed by atoms with E-state index < -0.39 is 11.7 Å². The van der Waals surface area contributed by atoms with Gasteiger partial charge in [0.05, 0.1) is 13.0 Å². The van der Waals surface area contributed by atoms with E-state index in [1.165, 1.54) is 0 Å². The average Bonchev–Trinajstić information content (AvgIpc) is 2.11. The van der Waals surface area contributed by atoms with Crippen molar-refractivity contribution in [2.24, 2.45) is 0 Å². The number of ether oxygens (including phenoxy) is 2. The molecule has 0 saturated carbocycles. The van der Waals surface area contributed by atoms with Gasteiger partial charge < -0.3 is 14.8 Å². The van der Waals surface area contributed by atoms with Gasteiger partial charge in [-0.1, -0.05) is 6.92 Å². The summed E-state index contributed by atoms with van der Waals surface area (Å²) in [7, 11) is 0. The molecular formula is C11H21NO4. The maximum absolute atomic E-state index is 11.2. The van der Waals surface area contributed by atoms with Crippen LogP contribution in [0.4, 0.5) is 4.79 Å². The van der Waals surface area contributed by atoms with E-state index in [4.69, 9.17) is 9.47 Å². The molecule has 0 aliphatic rings. The monoisotopic (exact) mass is 231 g/mol. The summed E-state index contributed by atoms with van der Waals surface area (Å²) in [6.45, 7) is 7.92. The van der Waals surface area contributed by atoms with Crippen LogP contribution < -0.4 is 5.32 Å². The number of amides is 1. The van der Waals surface area contributed by atoms with Crippen LogP contribution in [0.2, 0.25) is 0 Å². The molecule has 0 aromatic heterocycles. The zero-order valence-corrected chi connectivity index (χ0v) is 10.5. The van der Waals surface area contributed by atoms with Crippen molar-refractivity contribution >= 4 is 12.1 Å². The van der Waals surface area contributed by atoms with Gasteiger partial charge in [0.15, 0.2) is 0 Å². The molecule has 0 saturated heterocycles. The fourth-order valence-corrected chi connectivity index (χ4v) is 0.869. The second kappa shape index (κ2) is 7.09. The molecule has 0 unspecified atom stereocenters. The summed E-state index contributed by atoms with van der Waals surface area (Å²) in [4.78, 5) is 22.2. The average molecular weight is 231 g/mol. The summed E-state index contributed by atoms with van der Waals surface area (Å²) in [5, 5.41) is 2.48. The van der Waals surface area contributed by atoms with Gasteiger partial charge in [0, 0.05) is 6.54 Å². The quantitative estimate of drug-likeness (QED) is 0.733. The van der Waals surface area contributed by atoms with Crippen molar-refractivity contribution in [1.82, 2.24) is 5.32 Å². The van der Waals surface area contributed by atoms with Crippen molar-refractivity contribution in [2.45, 2.75) is 46.1 Å². The Balaban J connectivity index is 3.58. The van der Waals surface area contributed by atoms with Gasteiger partial charge in [-0.2, -0.15) is 0 Å². The highest BCUT2D eigenvalue weighted by atomic mass is 16.6. The smallest absolute Gasteiger partial charge is 0.407 e. The molecule has 0 fully saturated rings. The predicted octanol–water partition coefficient (Wildman–Crippen LogP) is 1.85. The lowest BCUT2D eigenvalue weighted by Gasteiger charge is -2.19. The molecule has 0 spiro atoms. The summed E-state index contributed by atoms with van der Waals surface area (Å²) in [5.74, 6) is -0.307. The molecule has 0 aliphatic heterocycles. The zero-order valence-electron chi connectivity index (χ0n) is 10.5. The highest BCUT2D eigenvalue weighted by molar-refractivity contribution is 5.71. The molecule has 94 valence electrons. The largest absolute Gasteiger partial charge is 0.466 e. The first-order valence-electron chi connectivity index (χ1n) is 5.47. The minimum Gasteiger partial charge on any atom is -0.466 e. The summed E-state index contributed by atoms with van der Waals surface area (Å²) in [6, 6.07) is 0. The van der Waals surface area contributed by atoms with Crippen molar-refractivity contribution in [1.29, 1.82) is 0 Å². The maximum Gasteiger partial charge on any atom is 0.407 e. The van der Waals surface area contributed by atoms with Crippen LogP contribution in [-0.4, -0.2) is 30.8 Å². The molecule has 0 bridgehead atoms. The predicted molar refractivity (Wildman–Crippen MR) is 60.1 cm³/mol. The van der Waals surface area contributed by atoms with Gasteiger partial charge in [-0.15, -0.1) is 0 Å². The molecule has 0 aromatic carbocycles. The Morgan fingerprint density at radius 1 is 1.25 bits per heavy atom. The third-order valence-electron chi connectivity index (χ3n) is 1.46. The summed E-state index contributed by atoms with van der Waals surface area (Å²) < 4.78 is 9.84. The third kappa shape index (κ3) is 9.30. The van der Waals surface area contributed by atoms with Gasteiger partial charge in [0.25, 0.3) is 0 Å². The van der Waals surface area contributed by atoms with E-state index in [9.17, 15) is 9.59 Å². The lowest BCUT2D eigenvalue weighted by Crippen LogP contribution is -2.33. The first-order chi connectivity index (χ1) is 7.35. The maximum atomic E-state index is 11.2. The van der Waals surface area contributed by atoms with Crippen LogP contribution in [0.5, 0.6) is 0 Å². The van der Waals surface area contributed by atoms with Crippen LogP contribution in [0.3, 0.4) is 0 Å². The van der Waals surface area contributed by atoms with Gasteiger partial charge in [-0.05, 0) is 27.2 Å². The van der Waals surface area contributed by atoms with Crippen molar-refractivity contribution in [3.05, 3.63) is 0 Å². The number of carbonyl (C=O) groups is 2. The molecule has 1 N–H and O–H groups in total. The molecule has 0 heterocycles. The van der Waals surface area contributed by atoms with E-state index in [0.29, 0.717) is 6.61 Å². The van der Waals surface area contributed by atoms with Crippen LogP contribution >= 0.6 is 0 Å². The standard InChI is InChI=1S/C11H21NO4/c1-5-8-15-9(13)6-7-12-10(14)16-11(2,3)4/h5-8H2,1-4H3,(H,12,14). The van der Waals surface area contributed by atoms with Crippen LogP contribution in [-0.2, 0) is 14.3 Å². The number of esters is 1. The third-order valence-corrected chi connectivity index (χ3v) is 1.46. The van der Waals surface area contributed by atoms with Gasteiger partial charge in [0.2, 0.25) is 0 Å². The number of nitrogens with one attached hydrogen (secondary N) is 1. The number of rotatable bonds is 5. The summed E-state index contributed by atoms with van der Waals surface area (Å²) in [5.41, 5.74) is -0.521. The fourth-order valence-electron chi connectivity index (χ4n) is 0.869. The Morgan fingerprint density at radius 2 is 1.88 bits per heavy atom. The molecule has 0 rings (SSSR count). The molecule has 0 radical (unpaired) electrons. The lowest BCUT2D eigenvalue weighted by molar-refractivity contribution is -0.143. The van der Waals surface area contributed by atoms with Crippen LogP contribution in [0.15, 0.2) is 0 Å². The molecule has 1 amide bonds. The molecular weight excluding hydrogens is 210 g/mol. The Labute approximate surface area is 96.5 Å². The lowest BCUT2D eigenvalue weighted by atomic mass is 10.2. The Hall–Kier alpha value is -1.26. The van der Waals surface area contributed by atoms with Gasteiger partial charge >= 0.3 is 12.1 Å². The van der Waals surface area contributed by atoms with E-state index in [0.717, 1.165) is 6.42 Å². The van der Waals surface area contributed by atoms with E-state index in [2.05, 4.69) is 5.32 Å². The molecule has 0 aliphatic carbocycles. The number of hydrogen-bond acceptors (Lipinski definition) is 4. The van der Waals surface area contributed by atoms with E-state index in [1.54, 1.807) is 20.8 Å². The summed E-state index contributed by atoms with van der Waals surface area (Å²) in [6.07, 6.45) is 0.445. The molecule has 5 nitrogen and oxygen atoms in total. The van der Waals surface area contributed by atoms with E-state index in [1.807, 2.05) is 6.92 Å². The minimum absolute atomic E-state index is 0.166. The van der Waals surface area contributed by atoms with Crippen molar-refractivity contribution in [3.8, 4) is 0 Å². The number of hydrogen-bond donors (Lipinski definition) is 1. The van der Waals surface area contributed by atoms with Crippen molar-refractivity contribution in [2.75, 3.05) is 13.2 Å². The molecule has 16 heavy (non-hydrogen) atoms. The molecule has 0 atom stereocenters. The van der Waals surface area contributed by atoms with Crippen molar-refractivity contribution in [3.63, 3.8) is 0 Å². The zero-order chi connectivity index (χ0) is 12.6. The SMILES string of the molecule is CCCOC(=O)CCNC(=O)OC(C)(C)C. The Kier molecular flexibility index (Phi) is 6.53. The van der Waals surface area contributed by atoms with Gasteiger partial charge in [-0.3, -0.25) is 4.79 Å². The summed E-state index contributed by atoms with van der Waals surface area (Å²) >= 11 is 0. The Morgan fingerprint density at radius 3 is 2.38 bits per heavy atom. The fraction of sp³-hybridized carbons (Fsp3) is 0.818. The first-order valence-corrected chi connectivity index (χ1v) is 5.47. The number of alkyl carbamates (subject to hydrolysis) is 1. The highest BCUT2D eigenvalue weighted by Gasteiger charge is 2.15. The van der Waals surface area contributed by atoms with E-state index >= 15 is 0 Å². The van der Waals surface area contributed by atoms with Gasteiger partial charge in [-0.25, -0.2) is 4.79 Å². The van der Waals surface area contributed by atoms with Crippen LogP contribution in [0.1, 0.15) is 40.5 Å². The van der Waals surface area contributed by atoms with E-state index in [-0.39, 0.29) is 18.9 Å². The molecule has 0 aromatic rings. The minimum atomic E-state index is -0.521. The topological polar surface area (TPSA) is 64.6 Å². The van der Waals surface area contributed by atoms with Gasteiger partial charge in [0.1, 0.15) is 5.60 Å².